The molecule has 1 heterocycles. The Morgan fingerprint density at radius 3 is 2.46 bits per heavy atom. The van der Waals surface area contributed by atoms with Crippen LogP contribution in [-0.4, -0.2) is 55.5 Å². The maximum absolute atomic E-state index is 13.0. The van der Waals surface area contributed by atoms with Crippen LogP contribution < -0.4 is 10.1 Å². The van der Waals surface area contributed by atoms with Gasteiger partial charge in [0.2, 0.25) is 5.91 Å². The molecule has 1 amide bonds. The standard InChI is InChI=1S/C20H24FN3O2/c1-26-19-4-2-3-18(13-19)22-20(25)15-24-11-9-23(10-12-24)14-16-5-7-17(21)8-6-16/h2-8,13H,9-12,14-15H2,1H3,(H,22,25). The zero-order valence-corrected chi connectivity index (χ0v) is 15.0. The second-order valence-electron chi connectivity index (χ2n) is 6.46. The quantitative estimate of drug-likeness (QED) is 0.863. The average molecular weight is 357 g/mol. The Labute approximate surface area is 153 Å². The van der Waals surface area contributed by atoms with E-state index in [2.05, 4.69) is 15.1 Å². The van der Waals surface area contributed by atoms with Gasteiger partial charge in [-0.3, -0.25) is 14.6 Å². The molecule has 0 bridgehead atoms. The molecule has 0 spiro atoms. The molecule has 3 rings (SSSR count). The Kier molecular flexibility index (Phi) is 6.20. The number of methoxy groups -OCH3 is 1. The van der Waals surface area contributed by atoms with Gasteiger partial charge in [0.25, 0.3) is 0 Å². The summed E-state index contributed by atoms with van der Waals surface area (Å²) in [4.78, 5) is 16.7. The summed E-state index contributed by atoms with van der Waals surface area (Å²) < 4.78 is 18.1. The first kappa shape index (κ1) is 18.4. The summed E-state index contributed by atoms with van der Waals surface area (Å²) in [5.41, 5.74) is 1.85. The number of carbonyl (C=O) groups is 1. The molecule has 1 fully saturated rings. The predicted molar refractivity (Wildman–Crippen MR) is 99.7 cm³/mol. The van der Waals surface area contributed by atoms with Gasteiger partial charge in [-0.05, 0) is 29.8 Å². The summed E-state index contributed by atoms with van der Waals surface area (Å²) in [6.45, 7) is 4.65. The van der Waals surface area contributed by atoms with Crippen LogP contribution >= 0.6 is 0 Å². The maximum Gasteiger partial charge on any atom is 0.238 e. The van der Waals surface area contributed by atoms with E-state index in [4.69, 9.17) is 4.74 Å². The van der Waals surface area contributed by atoms with E-state index >= 15 is 0 Å². The number of anilines is 1. The molecule has 0 unspecified atom stereocenters. The Balaban J connectivity index is 1.43. The van der Waals surface area contributed by atoms with Gasteiger partial charge >= 0.3 is 0 Å². The van der Waals surface area contributed by atoms with Crippen molar-refractivity contribution in [3.05, 3.63) is 59.9 Å². The topological polar surface area (TPSA) is 44.8 Å². The van der Waals surface area contributed by atoms with Crippen LogP contribution in [0.2, 0.25) is 0 Å². The highest BCUT2D eigenvalue weighted by Crippen LogP contribution is 2.16. The zero-order chi connectivity index (χ0) is 18.4. The minimum absolute atomic E-state index is 0.0229. The Bertz CT molecular complexity index is 728. The summed E-state index contributed by atoms with van der Waals surface area (Å²) in [5, 5.41) is 2.91. The van der Waals surface area contributed by atoms with E-state index < -0.39 is 0 Å². The summed E-state index contributed by atoms with van der Waals surface area (Å²) in [7, 11) is 1.60. The summed E-state index contributed by atoms with van der Waals surface area (Å²) in [6.07, 6.45) is 0. The molecule has 0 aliphatic carbocycles. The minimum atomic E-state index is -0.208. The third-order valence-electron chi connectivity index (χ3n) is 4.51. The molecule has 0 saturated carbocycles. The predicted octanol–water partition coefficient (Wildman–Crippen LogP) is 2.59. The summed E-state index contributed by atoms with van der Waals surface area (Å²) in [5.74, 6) is 0.489. The van der Waals surface area contributed by atoms with Crippen molar-refractivity contribution in [2.75, 3.05) is 45.2 Å². The first-order chi connectivity index (χ1) is 12.6. The van der Waals surface area contributed by atoms with Crippen LogP contribution in [0.5, 0.6) is 5.75 Å². The number of benzene rings is 2. The summed E-state index contributed by atoms with van der Waals surface area (Å²) >= 11 is 0. The van der Waals surface area contributed by atoms with E-state index in [0.29, 0.717) is 6.54 Å². The van der Waals surface area contributed by atoms with Crippen molar-refractivity contribution in [3.63, 3.8) is 0 Å². The number of piperazine rings is 1. The van der Waals surface area contributed by atoms with Gasteiger partial charge in [-0.25, -0.2) is 4.39 Å². The molecule has 0 aromatic heterocycles. The fourth-order valence-electron chi connectivity index (χ4n) is 3.06. The number of carbonyl (C=O) groups excluding carboxylic acids is 1. The normalized spacial score (nSPS) is 15.6. The van der Waals surface area contributed by atoms with Crippen molar-refractivity contribution < 1.29 is 13.9 Å². The van der Waals surface area contributed by atoms with Crippen molar-refractivity contribution in [2.45, 2.75) is 6.54 Å². The van der Waals surface area contributed by atoms with Crippen molar-refractivity contribution in [1.29, 1.82) is 0 Å². The van der Waals surface area contributed by atoms with E-state index in [9.17, 15) is 9.18 Å². The van der Waals surface area contributed by atoms with Crippen LogP contribution in [0.1, 0.15) is 5.56 Å². The molecule has 5 nitrogen and oxygen atoms in total. The minimum Gasteiger partial charge on any atom is -0.497 e. The van der Waals surface area contributed by atoms with Gasteiger partial charge in [0.1, 0.15) is 11.6 Å². The fraction of sp³-hybridized carbons (Fsp3) is 0.350. The van der Waals surface area contributed by atoms with Gasteiger partial charge in [0.15, 0.2) is 0 Å². The van der Waals surface area contributed by atoms with E-state index in [1.165, 1.54) is 12.1 Å². The van der Waals surface area contributed by atoms with Crippen LogP contribution in [0.25, 0.3) is 0 Å². The molecule has 138 valence electrons. The average Bonchev–Trinajstić information content (AvgIpc) is 2.65. The molecule has 1 N–H and O–H groups in total. The van der Waals surface area contributed by atoms with Gasteiger partial charge in [0.05, 0.1) is 13.7 Å². The van der Waals surface area contributed by atoms with E-state index in [1.807, 2.05) is 30.3 Å². The van der Waals surface area contributed by atoms with Crippen LogP contribution in [-0.2, 0) is 11.3 Å². The van der Waals surface area contributed by atoms with Gasteiger partial charge in [-0.2, -0.15) is 0 Å². The molecular formula is C20H24FN3O2. The molecule has 0 atom stereocenters. The highest BCUT2D eigenvalue weighted by molar-refractivity contribution is 5.92. The Morgan fingerprint density at radius 1 is 1.08 bits per heavy atom. The summed E-state index contributed by atoms with van der Waals surface area (Å²) in [6, 6.07) is 14.0. The largest absolute Gasteiger partial charge is 0.497 e. The number of rotatable bonds is 6. The number of hydrogen-bond acceptors (Lipinski definition) is 4. The Hall–Kier alpha value is -2.44. The molecule has 1 saturated heterocycles. The molecular weight excluding hydrogens is 333 g/mol. The van der Waals surface area contributed by atoms with E-state index in [1.54, 1.807) is 13.2 Å². The highest BCUT2D eigenvalue weighted by Gasteiger charge is 2.19. The monoisotopic (exact) mass is 357 g/mol. The number of hydrogen-bond donors (Lipinski definition) is 1. The molecule has 2 aromatic carbocycles. The Morgan fingerprint density at radius 2 is 1.77 bits per heavy atom. The molecule has 6 heteroatoms. The first-order valence-electron chi connectivity index (χ1n) is 8.75. The second-order valence-corrected chi connectivity index (χ2v) is 6.46. The van der Waals surface area contributed by atoms with Crippen molar-refractivity contribution >= 4 is 11.6 Å². The van der Waals surface area contributed by atoms with Crippen molar-refractivity contribution in [2.24, 2.45) is 0 Å². The second kappa shape index (κ2) is 8.78. The molecule has 2 aromatic rings. The smallest absolute Gasteiger partial charge is 0.238 e. The van der Waals surface area contributed by atoms with Crippen LogP contribution in [0.15, 0.2) is 48.5 Å². The number of nitrogens with one attached hydrogen (secondary N) is 1. The maximum atomic E-state index is 13.0. The third-order valence-corrected chi connectivity index (χ3v) is 4.51. The molecule has 1 aliphatic heterocycles. The number of nitrogens with zero attached hydrogens (tertiary/aromatic N) is 2. The first-order valence-corrected chi connectivity index (χ1v) is 8.75. The SMILES string of the molecule is COc1cccc(NC(=O)CN2CCN(Cc3ccc(F)cc3)CC2)c1. The van der Waals surface area contributed by atoms with Gasteiger partial charge in [-0.1, -0.05) is 18.2 Å². The molecule has 1 aliphatic rings. The number of halogens is 1. The van der Waals surface area contributed by atoms with Crippen LogP contribution in [0, 0.1) is 5.82 Å². The molecule has 0 radical (unpaired) electrons. The van der Waals surface area contributed by atoms with E-state index in [0.717, 1.165) is 49.7 Å². The lowest BCUT2D eigenvalue weighted by atomic mass is 10.2. The fourth-order valence-corrected chi connectivity index (χ4v) is 3.06. The lowest BCUT2D eigenvalue weighted by Crippen LogP contribution is -2.48. The van der Waals surface area contributed by atoms with Crippen molar-refractivity contribution in [1.82, 2.24) is 9.80 Å². The lowest BCUT2D eigenvalue weighted by Gasteiger charge is -2.34. The number of ether oxygens (including phenoxy) is 1. The van der Waals surface area contributed by atoms with Gasteiger partial charge in [0, 0.05) is 44.5 Å². The van der Waals surface area contributed by atoms with Gasteiger partial charge < -0.3 is 10.1 Å². The highest BCUT2D eigenvalue weighted by atomic mass is 19.1. The lowest BCUT2D eigenvalue weighted by molar-refractivity contribution is -0.117. The van der Waals surface area contributed by atoms with Crippen LogP contribution in [0.4, 0.5) is 10.1 Å². The third kappa shape index (κ3) is 5.28. The zero-order valence-electron chi connectivity index (χ0n) is 15.0. The molecule has 26 heavy (non-hydrogen) atoms. The van der Waals surface area contributed by atoms with Crippen LogP contribution in [0.3, 0.4) is 0 Å². The van der Waals surface area contributed by atoms with Crippen molar-refractivity contribution in [3.8, 4) is 5.75 Å². The number of amides is 1. The van der Waals surface area contributed by atoms with Gasteiger partial charge in [-0.15, -0.1) is 0 Å². The van der Waals surface area contributed by atoms with E-state index in [-0.39, 0.29) is 11.7 Å².